The monoisotopic (exact) mass is 436 g/mol. The molecule has 0 amide bonds. The van der Waals surface area contributed by atoms with E-state index >= 15 is 0 Å². The maximum atomic E-state index is 14.0. The van der Waals surface area contributed by atoms with Crippen molar-refractivity contribution < 1.29 is 8.78 Å². The fourth-order valence-electron chi connectivity index (χ4n) is 3.29. The average Bonchev–Trinajstić information content (AvgIpc) is 3.16. The predicted molar refractivity (Wildman–Crippen MR) is 115 cm³/mol. The van der Waals surface area contributed by atoms with E-state index in [0.29, 0.717) is 28.1 Å². The number of nitrogens with zero attached hydrogens (tertiary/aromatic N) is 4. The van der Waals surface area contributed by atoms with Gasteiger partial charge in [0.1, 0.15) is 22.8 Å². The van der Waals surface area contributed by atoms with Gasteiger partial charge in [0.25, 0.3) is 0 Å². The van der Waals surface area contributed by atoms with Gasteiger partial charge in [0, 0.05) is 17.0 Å². The van der Waals surface area contributed by atoms with Gasteiger partial charge in [0.05, 0.1) is 15.9 Å². The molecule has 5 rings (SSSR count). The zero-order chi connectivity index (χ0) is 21.5. The summed E-state index contributed by atoms with van der Waals surface area (Å²) in [6.07, 6.45) is 0. The van der Waals surface area contributed by atoms with Crippen LogP contribution in [0.3, 0.4) is 0 Å². The maximum Gasteiger partial charge on any atom is 0.163 e. The number of aromatic amines is 1. The topological polar surface area (TPSA) is 95.9 Å². The Morgan fingerprint density at radius 3 is 2.61 bits per heavy atom. The van der Waals surface area contributed by atoms with Crippen molar-refractivity contribution in [1.29, 1.82) is 0 Å². The minimum atomic E-state index is -0.751. The van der Waals surface area contributed by atoms with Crippen LogP contribution in [0.15, 0.2) is 59.8 Å². The van der Waals surface area contributed by atoms with E-state index in [2.05, 4.69) is 30.7 Å². The molecule has 0 radical (unpaired) electrons. The van der Waals surface area contributed by atoms with Crippen molar-refractivity contribution in [2.24, 2.45) is 5.18 Å². The number of fused-ring (bicyclic) bond motifs is 2. The molecule has 3 aromatic carbocycles. The molecule has 0 bridgehead atoms. The lowest BCUT2D eigenvalue weighted by molar-refractivity contribution is 0.590. The first kappa shape index (κ1) is 19.0. The second-order valence-electron chi connectivity index (χ2n) is 6.68. The number of halogens is 3. The standard InChI is InChI=1S/C21H11ClF2N6O/c22-15-9-11(30-31)5-6-12(15)19-25-17-4-2-1-3-13(17)20(26-19)27-21-14-7-10(23)8-16(24)18(14)28-29-21/h1-9H,(H2,25,26,27,28,29). The Morgan fingerprint density at radius 1 is 0.968 bits per heavy atom. The van der Waals surface area contributed by atoms with Crippen LogP contribution in [0.2, 0.25) is 5.02 Å². The lowest BCUT2D eigenvalue weighted by atomic mass is 10.1. The number of hydrogen-bond acceptors (Lipinski definition) is 6. The van der Waals surface area contributed by atoms with Crippen LogP contribution in [0, 0.1) is 16.5 Å². The van der Waals surface area contributed by atoms with Gasteiger partial charge in [-0.1, -0.05) is 23.7 Å². The molecule has 2 aromatic heterocycles. The molecule has 2 heterocycles. The number of H-pyrrole nitrogens is 1. The first-order chi connectivity index (χ1) is 15.0. The SMILES string of the molecule is O=Nc1ccc(-c2nc(Nc3n[nH]c4c(F)cc(F)cc34)c3ccccc3n2)c(Cl)c1. The van der Waals surface area contributed by atoms with Crippen LogP contribution in [0.1, 0.15) is 0 Å². The molecular weight excluding hydrogens is 426 g/mol. The Bertz CT molecular complexity index is 1490. The minimum absolute atomic E-state index is 0.0717. The maximum absolute atomic E-state index is 14.0. The molecule has 0 unspecified atom stereocenters. The van der Waals surface area contributed by atoms with Crippen molar-refractivity contribution in [2.75, 3.05) is 5.32 Å². The Balaban J connectivity index is 1.68. The van der Waals surface area contributed by atoms with Crippen LogP contribution in [0.5, 0.6) is 0 Å². The molecule has 0 aliphatic carbocycles. The van der Waals surface area contributed by atoms with E-state index in [4.69, 9.17) is 11.6 Å². The van der Waals surface area contributed by atoms with Crippen LogP contribution in [-0.2, 0) is 0 Å². The first-order valence-corrected chi connectivity index (χ1v) is 9.41. The molecule has 0 saturated carbocycles. The third-order valence-electron chi connectivity index (χ3n) is 4.73. The number of para-hydroxylation sites is 1. The van der Waals surface area contributed by atoms with Crippen molar-refractivity contribution in [3.05, 3.63) is 76.2 Å². The molecule has 0 spiro atoms. The number of nitrogens with one attached hydrogen (secondary N) is 2. The van der Waals surface area contributed by atoms with Crippen molar-refractivity contribution in [3.8, 4) is 11.4 Å². The number of anilines is 2. The summed E-state index contributed by atoms with van der Waals surface area (Å²) in [5, 5.41) is 13.7. The molecule has 0 aliphatic rings. The van der Waals surface area contributed by atoms with Crippen LogP contribution in [-0.4, -0.2) is 20.2 Å². The summed E-state index contributed by atoms with van der Waals surface area (Å²) >= 11 is 6.30. The van der Waals surface area contributed by atoms with E-state index in [-0.39, 0.29) is 27.4 Å². The van der Waals surface area contributed by atoms with Gasteiger partial charge in [-0.3, -0.25) is 5.10 Å². The van der Waals surface area contributed by atoms with Gasteiger partial charge in [-0.25, -0.2) is 18.7 Å². The van der Waals surface area contributed by atoms with E-state index in [9.17, 15) is 13.7 Å². The van der Waals surface area contributed by atoms with E-state index in [1.165, 1.54) is 18.2 Å². The van der Waals surface area contributed by atoms with Crippen LogP contribution < -0.4 is 5.32 Å². The normalized spacial score (nSPS) is 11.2. The molecule has 0 fully saturated rings. The van der Waals surface area contributed by atoms with Crippen molar-refractivity contribution >= 4 is 50.7 Å². The van der Waals surface area contributed by atoms with Gasteiger partial charge >= 0.3 is 0 Å². The van der Waals surface area contributed by atoms with Gasteiger partial charge < -0.3 is 5.32 Å². The molecule has 0 saturated heterocycles. The van der Waals surface area contributed by atoms with Gasteiger partial charge in [-0.2, -0.15) is 5.10 Å². The van der Waals surface area contributed by atoms with Gasteiger partial charge in [-0.05, 0) is 41.6 Å². The molecule has 7 nitrogen and oxygen atoms in total. The van der Waals surface area contributed by atoms with Crippen LogP contribution >= 0.6 is 11.6 Å². The highest BCUT2D eigenvalue weighted by molar-refractivity contribution is 6.33. The van der Waals surface area contributed by atoms with E-state index in [0.717, 1.165) is 6.07 Å². The molecule has 5 aromatic rings. The predicted octanol–water partition coefficient (Wildman–Crippen LogP) is 6.25. The Morgan fingerprint density at radius 2 is 1.81 bits per heavy atom. The summed E-state index contributed by atoms with van der Waals surface area (Å²) in [4.78, 5) is 19.9. The number of benzene rings is 3. The molecule has 2 N–H and O–H groups in total. The largest absolute Gasteiger partial charge is 0.322 e. The Kier molecular flexibility index (Phi) is 4.52. The fraction of sp³-hybridized carbons (Fsp3) is 0. The molecule has 152 valence electrons. The Hall–Kier alpha value is -3.98. The highest BCUT2D eigenvalue weighted by atomic mass is 35.5. The summed E-state index contributed by atoms with van der Waals surface area (Å²) in [6, 6.07) is 13.7. The molecular formula is C21H11ClF2N6O. The van der Waals surface area contributed by atoms with Crippen molar-refractivity contribution in [3.63, 3.8) is 0 Å². The van der Waals surface area contributed by atoms with E-state index < -0.39 is 11.6 Å². The quantitative estimate of drug-likeness (QED) is 0.325. The second kappa shape index (κ2) is 7.37. The second-order valence-corrected chi connectivity index (χ2v) is 7.08. The summed E-state index contributed by atoms with van der Waals surface area (Å²) < 4.78 is 27.8. The van der Waals surface area contributed by atoms with Crippen molar-refractivity contribution in [2.45, 2.75) is 0 Å². The minimum Gasteiger partial charge on any atom is -0.322 e. The Labute approximate surface area is 178 Å². The highest BCUT2D eigenvalue weighted by Crippen LogP contribution is 2.34. The lowest BCUT2D eigenvalue weighted by Crippen LogP contribution is -2.00. The fourth-order valence-corrected chi connectivity index (χ4v) is 3.55. The third kappa shape index (κ3) is 3.34. The zero-order valence-corrected chi connectivity index (χ0v) is 16.3. The third-order valence-corrected chi connectivity index (χ3v) is 5.04. The van der Waals surface area contributed by atoms with Gasteiger partial charge in [0.15, 0.2) is 17.5 Å². The molecule has 10 heteroatoms. The summed E-state index contributed by atoms with van der Waals surface area (Å²) in [5.41, 5.74) is 1.36. The first-order valence-electron chi connectivity index (χ1n) is 9.03. The molecule has 0 aliphatic heterocycles. The lowest BCUT2D eigenvalue weighted by Gasteiger charge is -2.11. The van der Waals surface area contributed by atoms with E-state index in [1.807, 2.05) is 12.1 Å². The van der Waals surface area contributed by atoms with Crippen molar-refractivity contribution in [1.82, 2.24) is 20.2 Å². The van der Waals surface area contributed by atoms with Crippen LogP contribution in [0.4, 0.5) is 26.1 Å². The molecule has 31 heavy (non-hydrogen) atoms. The summed E-state index contributed by atoms with van der Waals surface area (Å²) in [5.74, 6) is -0.610. The number of aromatic nitrogens is 4. The highest BCUT2D eigenvalue weighted by Gasteiger charge is 2.16. The summed E-state index contributed by atoms with van der Waals surface area (Å²) in [6.45, 7) is 0. The van der Waals surface area contributed by atoms with Gasteiger partial charge in [-0.15, -0.1) is 4.91 Å². The van der Waals surface area contributed by atoms with Crippen LogP contribution in [0.25, 0.3) is 33.2 Å². The van der Waals surface area contributed by atoms with Gasteiger partial charge in [0.2, 0.25) is 0 Å². The smallest absolute Gasteiger partial charge is 0.163 e. The zero-order valence-electron chi connectivity index (χ0n) is 15.5. The van der Waals surface area contributed by atoms with E-state index in [1.54, 1.807) is 18.2 Å². The average molecular weight is 437 g/mol. The number of hydrogen-bond donors (Lipinski definition) is 2. The summed E-state index contributed by atoms with van der Waals surface area (Å²) in [7, 11) is 0. The number of rotatable bonds is 4. The molecule has 0 atom stereocenters. The number of nitroso groups, excluding NO2 is 1.